The van der Waals surface area contributed by atoms with E-state index in [1.165, 1.54) is 19.2 Å². The van der Waals surface area contributed by atoms with Crippen molar-refractivity contribution >= 4 is 0 Å². The SMILES string of the molecule is [CH2]C(CCOC)c1ccc(C#N)c(C(F)(F)F)c1. The first kappa shape index (κ1) is 14.5. The second kappa shape index (κ2) is 5.87. The minimum Gasteiger partial charge on any atom is -0.385 e. The van der Waals surface area contributed by atoms with Gasteiger partial charge in [-0.2, -0.15) is 18.4 Å². The molecule has 0 saturated carbocycles. The van der Waals surface area contributed by atoms with Crippen LogP contribution in [-0.4, -0.2) is 13.7 Å². The van der Waals surface area contributed by atoms with Crippen molar-refractivity contribution in [2.75, 3.05) is 13.7 Å². The number of halogens is 3. The van der Waals surface area contributed by atoms with Crippen LogP contribution in [0.25, 0.3) is 0 Å². The van der Waals surface area contributed by atoms with Gasteiger partial charge in [-0.1, -0.05) is 6.07 Å². The number of ether oxygens (including phenoxy) is 1. The Balaban J connectivity index is 3.08. The second-order valence-corrected chi connectivity index (χ2v) is 3.89. The first-order valence-corrected chi connectivity index (χ1v) is 5.33. The Morgan fingerprint density at radius 1 is 1.44 bits per heavy atom. The molecule has 1 unspecified atom stereocenters. The molecule has 0 aliphatic heterocycles. The zero-order valence-corrected chi connectivity index (χ0v) is 9.92. The normalized spacial score (nSPS) is 13.1. The molecule has 1 radical (unpaired) electrons. The quantitative estimate of drug-likeness (QED) is 0.825. The maximum atomic E-state index is 12.7. The van der Waals surface area contributed by atoms with Gasteiger partial charge in [0.05, 0.1) is 17.2 Å². The number of methoxy groups -OCH3 is 1. The molecule has 0 amide bonds. The number of hydrogen-bond acceptors (Lipinski definition) is 2. The highest BCUT2D eigenvalue weighted by Gasteiger charge is 2.34. The molecule has 2 nitrogen and oxygen atoms in total. The summed E-state index contributed by atoms with van der Waals surface area (Å²) in [6.07, 6.45) is -4.00. The monoisotopic (exact) mass is 256 g/mol. The lowest BCUT2D eigenvalue weighted by atomic mass is 9.94. The van der Waals surface area contributed by atoms with Gasteiger partial charge >= 0.3 is 6.18 Å². The summed E-state index contributed by atoms with van der Waals surface area (Å²) in [7, 11) is 1.52. The van der Waals surface area contributed by atoms with Crippen molar-refractivity contribution in [1.29, 1.82) is 5.26 Å². The Morgan fingerprint density at radius 2 is 2.11 bits per heavy atom. The summed E-state index contributed by atoms with van der Waals surface area (Å²) in [6.45, 7) is 4.22. The van der Waals surface area contributed by atoms with Crippen LogP contribution < -0.4 is 0 Å². The van der Waals surface area contributed by atoms with Gasteiger partial charge < -0.3 is 4.74 Å². The van der Waals surface area contributed by atoms with Crippen LogP contribution in [0.5, 0.6) is 0 Å². The standard InChI is InChI=1S/C13H13F3NO/c1-9(5-6-18-2)10-3-4-11(8-17)12(7-10)13(14,15)16/h3-4,7,9H,1,5-6H2,2H3. The van der Waals surface area contributed by atoms with Gasteiger partial charge in [0.2, 0.25) is 0 Å². The van der Waals surface area contributed by atoms with Gasteiger partial charge in [0.1, 0.15) is 0 Å². The molecule has 18 heavy (non-hydrogen) atoms. The van der Waals surface area contributed by atoms with E-state index in [0.29, 0.717) is 18.6 Å². The molecule has 0 saturated heterocycles. The molecule has 0 aromatic heterocycles. The lowest BCUT2D eigenvalue weighted by Crippen LogP contribution is -2.09. The van der Waals surface area contributed by atoms with E-state index in [9.17, 15) is 13.2 Å². The molecule has 0 fully saturated rings. The van der Waals surface area contributed by atoms with Crippen LogP contribution in [0.1, 0.15) is 29.0 Å². The number of nitriles is 1. The van der Waals surface area contributed by atoms with Gasteiger partial charge in [-0.15, -0.1) is 0 Å². The van der Waals surface area contributed by atoms with Crippen molar-refractivity contribution < 1.29 is 17.9 Å². The van der Waals surface area contributed by atoms with E-state index in [1.807, 2.05) is 0 Å². The molecule has 0 bridgehead atoms. The summed E-state index contributed by atoms with van der Waals surface area (Å²) in [5, 5.41) is 8.67. The van der Waals surface area contributed by atoms with Crippen LogP contribution >= 0.6 is 0 Å². The third kappa shape index (κ3) is 3.47. The zero-order chi connectivity index (χ0) is 13.8. The first-order valence-electron chi connectivity index (χ1n) is 5.33. The highest BCUT2D eigenvalue weighted by atomic mass is 19.4. The summed E-state index contributed by atoms with van der Waals surface area (Å²) in [5.74, 6) is -0.293. The van der Waals surface area contributed by atoms with E-state index in [0.717, 1.165) is 6.07 Å². The fourth-order valence-corrected chi connectivity index (χ4v) is 1.57. The molecule has 1 aromatic carbocycles. The average molecular weight is 256 g/mol. The molecule has 0 N–H and O–H groups in total. The molecular formula is C13H13F3NO. The molecule has 1 rings (SSSR count). The lowest BCUT2D eigenvalue weighted by molar-refractivity contribution is -0.137. The molecule has 0 aliphatic rings. The van der Waals surface area contributed by atoms with E-state index in [-0.39, 0.29) is 11.5 Å². The number of hydrogen-bond donors (Lipinski definition) is 0. The molecule has 0 aliphatic carbocycles. The Bertz CT molecular complexity index is 449. The lowest BCUT2D eigenvalue weighted by Gasteiger charge is -2.15. The zero-order valence-electron chi connectivity index (χ0n) is 9.92. The number of alkyl halides is 3. The first-order chi connectivity index (χ1) is 8.40. The van der Waals surface area contributed by atoms with Crippen molar-refractivity contribution in [3.8, 4) is 6.07 Å². The molecule has 0 spiro atoms. The second-order valence-electron chi connectivity index (χ2n) is 3.89. The van der Waals surface area contributed by atoms with Crippen LogP contribution in [0.2, 0.25) is 0 Å². The molecule has 5 heteroatoms. The van der Waals surface area contributed by atoms with Crippen LogP contribution in [0.3, 0.4) is 0 Å². The molecule has 97 valence electrons. The van der Waals surface area contributed by atoms with Crippen molar-refractivity contribution in [1.82, 2.24) is 0 Å². The van der Waals surface area contributed by atoms with Gasteiger partial charge in [0, 0.05) is 13.7 Å². The van der Waals surface area contributed by atoms with Gasteiger partial charge in [0.25, 0.3) is 0 Å². The topological polar surface area (TPSA) is 33.0 Å². The van der Waals surface area contributed by atoms with E-state index >= 15 is 0 Å². The maximum absolute atomic E-state index is 12.7. The number of benzene rings is 1. The molecule has 1 aromatic rings. The molecule has 0 heterocycles. The summed E-state index contributed by atoms with van der Waals surface area (Å²) >= 11 is 0. The third-order valence-electron chi connectivity index (χ3n) is 2.61. The summed E-state index contributed by atoms with van der Waals surface area (Å²) in [6, 6.07) is 5.22. The minimum absolute atomic E-state index is 0.293. The maximum Gasteiger partial charge on any atom is 0.417 e. The van der Waals surface area contributed by atoms with E-state index in [4.69, 9.17) is 10.00 Å². The third-order valence-corrected chi connectivity index (χ3v) is 2.61. The van der Waals surface area contributed by atoms with Gasteiger partial charge in [0.15, 0.2) is 0 Å². The van der Waals surface area contributed by atoms with Crippen molar-refractivity contribution in [3.05, 3.63) is 41.8 Å². The smallest absolute Gasteiger partial charge is 0.385 e. The Labute approximate surface area is 104 Å². The van der Waals surface area contributed by atoms with Crippen LogP contribution in [0.4, 0.5) is 13.2 Å². The van der Waals surface area contributed by atoms with E-state index < -0.39 is 11.7 Å². The largest absolute Gasteiger partial charge is 0.417 e. The highest BCUT2D eigenvalue weighted by molar-refractivity contribution is 5.43. The Kier molecular flexibility index (Phi) is 4.74. The highest BCUT2D eigenvalue weighted by Crippen LogP contribution is 2.34. The fourth-order valence-electron chi connectivity index (χ4n) is 1.57. The van der Waals surface area contributed by atoms with Crippen molar-refractivity contribution in [2.24, 2.45) is 0 Å². The molecular weight excluding hydrogens is 243 g/mol. The van der Waals surface area contributed by atoms with Gasteiger partial charge in [-0.25, -0.2) is 0 Å². The number of rotatable bonds is 4. The fraction of sp³-hybridized carbons (Fsp3) is 0.385. The predicted octanol–water partition coefficient (Wildman–Crippen LogP) is 3.53. The Hall–Kier alpha value is -1.54. The molecule has 1 atom stereocenters. The van der Waals surface area contributed by atoms with Crippen molar-refractivity contribution in [2.45, 2.75) is 18.5 Å². The van der Waals surface area contributed by atoms with E-state index in [1.54, 1.807) is 6.07 Å². The number of nitrogens with zero attached hydrogens (tertiary/aromatic N) is 1. The van der Waals surface area contributed by atoms with Crippen LogP contribution in [0, 0.1) is 18.3 Å². The van der Waals surface area contributed by atoms with Gasteiger partial charge in [-0.3, -0.25) is 0 Å². The van der Waals surface area contributed by atoms with Crippen LogP contribution in [0.15, 0.2) is 18.2 Å². The predicted molar refractivity (Wildman–Crippen MR) is 60.8 cm³/mol. The summed E-state index contributed by atoms with van der Waals surface area (Å²) in [5.41, 5.74) is -0.822. The van der Waals surface area contributed by atoms with Gasteiger partial charge in [-0.05, 0) is 37.0 Å². The average Bonchev–Trinajstić information content (AvgIpc) is 2.34. The summed E-state index contributed by atoms with van der Waals surface area (Å²) in [4.78, 5) is 0. The van der Waals surface area contributed by atoms with E-state index in [2.05, 4.69) is 6.92 Å². The Morgan fingerprint density at radius 3 is 2.61 bits per heavy atom. The van der Waals surface area contributed by atoms with Crippen LogP contribution in [-0.2, 0) is 10.9 Å². The van der Waals surface area contributed by atoms with Crippen molar-refractivity contribution in [3.63, 3.8) is 0 Å². The summed E-state index contributed by atoms with van der Waals surface area (Å²) < 4.78 is 43.1. The minimum atomic E-state index is -4.53.